The lowest BCUT2D eigenvalue weighted by Crippen LogP contribution is -2.10. The first-order chi connectivity index (χ1) is 12.6. The average molecular weight is 481 g/mol. The largest absolute Gasteiger partial charge is 0.495 e. The van der Waals surface area contributed by atoms with E-state index < -0.39 is 0 Å². The van der Waals surface area contributed by atoms with Crippen LogP contribution in [-0.4, -0.2) is 22.1 Å². The van der Waals surface area contributed by atoms with Crippen molar-refractivity contribution in [2.45, 2.75) is 6.61 Å². The van der Waals surface area contributed by atoms with Gasteiger partial charge in [-0.25, -0.2) is 0 Å². The lowest BCUT2D eigenvalue weighted by atomic mass is 10.3. The number of benzene rings is 2. The second kappa shape index (κ2) is 8.33. The van der Waals surface area contributed by atoms with Crippen molar-refractivity contribution in [3.8, 4) is 11.5 Å². The van der Waals surface area contributed by atoms with E-state index in [1.807, 2.05) is 42.5 Å². The number of halogens is 2. The minimum atomic E-state index is 0.0993. The number of nitrogens with one attached hydrogen (secondary N) is 1. The van der Waals surface area contributed by atoms with Gasteiger partial charge >= 0.3 is 0 Å². The molecule has 0 saturated carbocycles. The SMILES string of the molecule is COc1ccccc1Nc1nc(N)nc(COc2c(Br)cccc2Br)n1. The van der Waals surface area contributed by atoms with Crippen molar-refractivity contribution < 1.29 is 9.47 Å². The molecule has 0 atom stereocenters. The Hall–Kier alpha value is -2.39. The van der Waals surface area contributed by atoms with Crippen LogP contribution in [0.1, 0.15) is 5.82 Å². The number of ether oxygens (including phenoxy) is 2. The number of para-hydroxylation sites is 3. The molecule has 0 aliphatic carbocycles. The molecule has 0 saturated heterocycles. The standard InChI is InChI=1S/C17H15Br2N5O2/c1-25-13-8-3-2-7-12(13)21-17-23-14(22-16(20)24-17)9-26-15-10(18)5-4-6-11(15)19/h2-8H,9H2,1H3,(H3,20,21,22,23,24). The zero-order valence-electron chi connectivity index (χ0n) is 13.7. The van der Waals surface area contributed by atoms with Crippen LogP contribution in [0.15, 0.2) is 51.4 Å². The molecular formula is C17H15Br2N5O2. The summed E-state index contributed by atoms with van der Waals surface area (Å²) in [7, 11) is 1.59. The van der Waals surface area contributed by atoms with Gasteiger partial charge in [0.05, 0.1) is 21.7 Å². The number of aromatic nitrogens is 3. The summed E-state index contributed by atoms with van der Waals surface area (Å²) in [4.78, 5) is 12.6. The lowest BCUT2D eigenvalue weighted by Gasteiger charge is -2.12. The highest BCUT2D eigenvalue weighted by molar-refractivity contribution is 9.11. The molecule has 26 heavy (non-hydrogen) atoms. The van der Waals surface area contributed by atoms with Crippen molar-refractivity contribution in [1.29, 1.82) is 0 Å². The lowest BCUT2D eigenvalue weighted by molar-refractivity contribution is 0.292. The van der Waals surface area contributed by atoms with Gasteiger partial charge in [-0.1, -0.05) is 18.2 Å². The van der Waals surface area contributed by atoms with Gasteiger partial charge in [0, 0.05) is 0 Å². The molecule has 9 heteroatoms. The van der Waals surface area contributed by atoms with Crippen LogP contribution in [0.25, 0.3) is 0 Å². The van der Waals surface area contributed by atoms with E-state index in [4.69, 9.17) is 15.2 Å². The maximum atomic E-state index is 5.80. The number of hydrogen-bond acceptors (Lipinski definition) is 7. The first kappa shape index (κ1) is 18.4. The van der Waals surface area contributed by atoms with Crippen molar-refractivity contribution in [2.75, 3.05) is 18.2 Å². The Labute approximate surface area is 167 Å². The summed E-state index contributed by atoms with van der Waals surface area (Å²) in [6.45, 7) is 0.133. The molecule has 7 nitrogen and oxygen atoms in total. The number of nitrogens with two attached hydrogens (primary N) is 1. The monoisotopic (exact) mass is 479 g/mol. The summed E-state index contributed by atoms with van der Waals surface area (Å²) in [5.74, 6) is 2.14. The number of anilines is 3. The minimum absolute atomic E-state index is 0.0993. The van der Waals surface area contributed by atoms with Crippen LogP contribution in [0.5, 0.6) is 11.5 Å². The van der Waals surface area contributed by atoms with E-state index in [2.05, 4.69) is 52.1 Å². The second-order valence-corrected chi connectivity index (χ2v) is 6.81. The van der Waals surface area contributed by atoms with Crippen LogP contribution in [0, 0.1) is 0 Å². The third kappa shape index (κ3) is 4.41. The van der Waals surface area contributed by atoms with Crippen LogP contribution >= 0.6 is 31.9 Å². The molecule has 134 valence electrons. The van der Waals surface area contributed by atoms with Crippen LogP contribution in [-0.2, 0) is 6.61 Å². The van der Waals surface area contributed by atoms with Crippen LogP contribution in [0.4, 0.5) is 17.6 Å². The summed E-state index contributed by atoms with van der Waals surface area (Å²) in [5.41, 5.74) is 6.53. The number of rotatable bonds is 6. The van der Waals surface area contributed by atoms with E-state index in [9.17, 15) is 0 Å². The molecule has 0 spiro atoms. The van der Waals surface area contributed by atoms with Gasteiger partial charge in [0.25, 0.3) is 0 Å². The number of hydrogen-bond donors (Lipinski definition) is 2. The molecule has 3 rings (SSSR count). The smallest absolute Gasteiger partial charge is 0.232 e. The maximum Gasteiger partial charge on any atom is 0.232 e. The highest BCUT2D eigenvalue weighted by atomic mass is 79.9. The number of nitrogens with zero attached hydrogens (tertiary/aromatic N) is 3. The Morgan fingerprint density at radius 1 is 1.00 bits per heavy atom. The van der Waals surface area contributed by atoms with Crippen LogP contribution in [0.2, 0.25) is 0 Å². The van der Waals surface area contributed by atoms with E-state index in [0.29, 0.717) is 23.3 Å². The first-order valence-corrected chi connectivity index (χ1v) is 9.12. The van der Waals surface area contributed by atoms with Gasteiger partial charge < -0.3 is 20.5 Å². The van der Waals surface area contributed by atoms with Crippen molar-refractivity contribution in [3.05, 3.63) is 57.2 Å². The van der Waals surface area contributed by atoms with Gasteiger partial charge in [-0.15, -0.1) is 0 Å². The van der Waals surface area contributed by atoms with Gasteiger partial charge in [0.15, 0.2) is 5.82 Å². The molecule has 1 heterocycles. The van der Waals surface area contributed by atoms with E-state index >= 15 is 0 Å². The highest BCUT2D eigenvalue weighted by Crippen LogP contribution is 2.33. The van der Waals surface area contributed by atoms with Crippen molar-refractivity contribution >= 4 is 49.4 Å². The van der Waals surface area contributed by atoms with Crippen LogP contribution in [0.3, 0.4) is 0 Å². The average Bonchev–Trinajstić information content (AvgIpc) is 2.61. The predicted octanol–water partition coefficient (Wildman–Crippen LogP) is 4.31. The maximum absolute atomic E-state index is 5.80. The Morgan fingerprint density at radius 2 is 1.73 bits per heavy atom. The Kier molecular flexibility index (Phi) is 5.89. The van der Waals surface area contributed by atoms with Gasteiger partial charge in [-0.2, -0.15) is 15.0 Å². The number of nitrogen functional groups attached to an aromatic ring is 1. The zero-order valence-corrected chi connectivity index (χ0v) is 16.9. The van der Waals surface area contributed by atoms with Crippen molar-refractivity contribution in [3.63, 3.8) is 0 Å². The Morgan fingerprint density at radius 3 is 2.46 bits per heavy atom. The van der Waals surface area contributed by atoms with Gasteiger partial charge in [-0.05, 0) is 56.1 Å². The molecule has 3 N–H and O–H groups in total. The predicted molar refractivity (Wildman–Crippen MR) is 107 cm³/mol. The molecule has 0 aliphatic rings. The molecule has 0 aliphatic heterocycles. The topological polar surface area (TPSA) is 95.2 Å². The summed E-state index contributed by atoms with van der Waals surface area (Å²) < 4.78 is 12.8. The molecule has 0 fully saturated rings. The van der Waals surface area contributed by atoms with Gasteiger partial charge in [0.1, 0.15) is 18.1 Å². The number of methoxy groups -OCH3 is 1. The zero-order chi connectivity index (χ0) is 18.5. The quantitative estimate of drug-likeness (QED) is 0.542. The molecule has 0 unspecified atom stereocenters. The molecular weight excluding hydrogens is 466 g/mol. The molecule has 0 amide bonds. The fraction of sp³-hybridized carbons (Fsp3) is 0.118. The molecule has 1 aromatic heterocycles. The van der Waals surface area contributed by atoms with E-state index in [-0.39, 0.29) is 12.6 Å². The minimum Gasteiger partial charge on any atom is -0.495 e. The molecule has 0 radical (unpaired) electrons. The summed E-state index contributed by atoms with van der Waals surface area (Å²) in [5, 5.41) is 3.08. The first-order valence-electron chi connectivity index (χ1n) is 7.54. The van der Waals surface area contributed by atoms with Gasteiger partial charge in [0.2, 0.25) is 11.9 Å². The third-order valence-electron chi connectivity index (χ3n) is 3.32. The van der Waals surface area contributed by atoms with Crippen LogP contribution < -0.4 is 20.5 Å². The fourth-order valence-corrected chi connectivity index (χ4v) is 3.41. The summed E-state index contributed by atoms with van der Waals surface area (Å²) in [6, 6.07) is 13.1. The Bertz CT molecular complexity index is 903. The fourth-order valence-electron chi connectivity index (χ4n) is 2.18. The van der Waals surface area contributed by atoms with Crippen molar-refractivity contribution in [2.24, 2.45) is 0 Å². The van der Waals surface area contributed by atoms with Crippen molar-refractivity contribution in [1.82, 2.24) is 15.0 Å². The third-order valence-corrected chi connectivity index (χ3v) is 4.57. The van der Waals surface area contributed by atoms with E-state index in [1.165, 1.54) is 0 Å². The highest BCUT2D eigenvalue weighted by Gasteiger charge is 2.11. The molecule has 3 aromatic rings. The second-order valence-electron chi connectivity index (χ2n) is 5.10. The normalized spacial score (nSPS) is 10.4. The Balaban J connectivity index is 1.79. The molecule has 2 aromatic carbocycles. The van der Waals surface area contributed by atoms with Gasteiger partial charge in [-0.3, -0.25) is 0 Å². The molecule has 0 bridgehead atoms. The van der Waals surface area contributed by atoms with E-state index in [0.717, 1.165) is 14.6 Å². The summed E-state index contributed by atoms with van der Waals surface area (Å²) in [6.07, 6.45) is 0. The van der Waals surface area contributed by atoms with E-state index in [1.54, 1.807) is 7.11 Å². The summed E-state index contributed by atoms with van der Waals surface area (Å²) >= 11 is 6.90.